The standard InChI is InChI=1S/C17H16N4O2S/c1-4-24(22,23)14-6-5-7-19-15(14)17-20-13-9-11(2)8-12(10-18)16(13)21(17)3/h5-9H,4H2,1-3H3. The third-order valence-electron chi connectivity index (χ3n) is 3.93. The van der Waals surface area contributed by atoms with Crippen LogP contribution < -0.4 is 0 Å². The van der Waals surface area contributed by atoms with Crippen LogP contribution in [0.1, 0.15) is 18.1 Å². The lowest BCUT2D eigenvalue weighted by Gasteiger charge is -2.08. The Kier molecular flexibility index (Phi) is 3.85. The second-order valence-electron chi connectivity index (χ2n) is 5.54. The molecule has 0 aliphatic heterocycles. The molecule has 0 aliphatic rings. The summed E-state index contributed by atoms with van der Waals surface area (Å²) in [5.74, 6) is 0.415. The van der Waals surface area contributed by atoms with E-state index in [2.05, 4.69) is 16.0 Å². The zero-order chi connectivity index (χ0) is 17.5. The molecule has 0 unspecified atom stereocenters. The summed E-state index contributed by atoms with van der Waals surface area (Å²) in [6, 6.07) is 8.97. The van der Waals surface area contributed by atoms with Crippen LogP contribution in [0.5, 0.6) is 0 Å². The van der Waals surface area contributed by atoms with Crippen molar-refractivity contribution in [1.82, 2.24) is 14.5 Å². The molecule has 122 valence electrons. The van der Waals surface area contributed by atoms with E-state index in [1.807, 2.05) is 13.0 Å². The fourth-order valence-electron chi connectivity index (χ4n) is 2.75. The van der Waals surface area contributed by atoms with E-state index in [0.717, 1.165) is 5.56 Å². The Morgan fingerprint density at radius 3 is 2.75 bits per heavy atom. The molecule has 3 rings (SSSR count). The third kappa shape index (κ3) is 2.45. The van der Waals surface area contributed by atoms with Gasteiger partial charge >= 0.3 is 0 Å². The first-order valence-corrected chi connectivity index (χ1v) is 9.09. The van der Waals surface area contributed by atoms with Crippen molar-refractivity contribution in [2.45, 2.75) is 18.7 Å². The highest BCUT2D eigenvalue weighted by atomic mass is 32.2. The minimum Gasteiger partial charge on any atom is -0.325 e. The van der Waals surface area contributed by atoms with Gasteiger partial charge in [0.25, 0.3) is 0 Å². The van der Waals surface area contributed by atoms with Crippen LogP contribution in [0.2, 0.25) is 0 Å². The summed E-state index contributed by atoms with van der Waals surface area (Å²) < 4.78 is 26.5. The summed E-state index contributed by atoms with van der Waals surface area (Å²) in [4.78, 5) is 8.95. The molecule has 0 radical (unpaired) electrons. The zero-order valence-corrected chi connectivity index (χ0v) is 14.4. The maximum absolute atomic E-state index is 12.4. The third-order valence-corrected chi connectivity index (χ3v) is 5.69. The molecule has 0 amide bonds. The number of aromatic nitrogens is 3. The molecule has 1 aromatic carbocycles. The minimum absolute atomic E-state index is 0.0157. The number of rotatable bonds is 3. The number of nitrogens with zero attached hydrogens (tertiary/aromatic N) is 4. The second-order valence-corrected chi connectivity index (χ2v) is 7.79. The lowest BCUT2D eigenvalue weighted by molar-refractivity contribution is 0.597. The normalized spacial score (nSPS) is 11.6. The molecule has 7 heteroatoms. The van der Waals surface area contributed by atoms with E-state index in [1.165, 1.54) is 6.07 Å². The predicted octanol–water partition coefficient (Wildman–Crippen LogP) is 2.61. The first-order chi connectivity index (χ1) is 11.4. The van der Waals surface area contributed by atoms with Crippen LogP contribution >= 0.6 is 0 Å². The van der Waals surface area contributed by atoms with Gasteiger partial charge in [0.1, 0.15) is 11.8 Å². The van der Waals surface area contributed by atoms with Gasteiger partial charge in [-0.3, -0.25) is 4.98 Å². The molecular weight excluding hydrogens is 324 g/mol. The van der Waals surface area contributed by atoms with Crippen LogP contribution in [0.3, 0.4) is 0 Å². The number of hydrogen-bond donors (Lipinski definition) is 0. The monoisotopic (exact) mass is 340 g/mol. The number of pyridine rings is 1. The molecule has 0 N–H and O–H groups in total. The van der Waals surface area contributed by atoms with Crippen molar-refractivity contribution >= 4 is 20.9 Å². The lowest BCUT2D eigenvalue weighted by Crippen LogP contribution is -2.08. The maximum Gasteiger partial charge on any atom is 0.180 e. The first kappa shape index (κ1) is 16.1. The van der Waals surface area contributed by atoms with Crippen LogP contribution in [-0.2, 0) is 16.9 Å². The Morgan fingerprint density at radius 2 is 2.08 bits per heavy atom. The molecule has 0 saturated heterocycles. The highest BCUT2D eigenvalue weighted by Gasteiger charge is 2.23. The molecule has 0 fully saturated rings. The Labute approximate surface area is 140 Å². The van der Waals surface area contributed by atoms with Gasteiger partial charge in [-0.25, -0.2) is 13.4 Å². The van der Waals surface area contributed by atoms with Crippen molar-refractivity contribution in [3.63, 3.8) is 0 Å². The molecule has 24 heavy (non-hydrogen) atoms. The van der Waals surface area contributed by atoms with Gasteiger partial charge in [-0.2, -0.15) is 5.26 Å². The fraction of sp³-hybridized carbons (Fsp3) is 0.235. The maximum atomic E-state index is 12.4. The lowest BCUT2D eigenvalue weighted by atomic mass is 10.1. The number of hydrogen-bond acceptors (Lipinski definition) is 5. The average Bonchev–Trinajstić information content (AvgIpc) is 2.90. The average molecular weight is 340 g/mol. The molecule has 0 aliphatic carbocycles. The van der Waals surface area contributed by atoms with E-state index in [1.54, 1.807) is 36.9 Å². The number of sulfone groups is 1. The van der Waals surface area contributed by atoms with E-state index in [9.17, 15) is 13.7 Å². The summed E-state index contributed by atoms with van der Waals surface area (Å²) in [5, 5.41) is 9.38. The van der Waals surface area contributed by atoms with E-state index >= 15 is 0 Å². The van der Waals surface area contributed by atoms with Crippen molar-refractivity contribution in [3.05, 3.63) is 41.6 Å². The van der Waals surface area contributed by atoms with Crippen molar-refractivity contribution < 1.29 is 8.42 Å². The predicted molar refractivity (Wildman–Crippen MR) is 91.1 cm³/mol. The quantitative estimate of drug-likeness (QED) is 0.731. The first-order valence-electron chi connectivity index (χ1n) is 7.44. The van der Waals surface area contributed by atoms with Gasteiger partial charge in [0, 0.05) is 13.2 Å². The topological polar surface area (TPSA) is 88.6 Å². The zero-order valence-electron chi connectivity index (χ0n) is 13.6. The molecular formula is C17H16N4O2S. The van der Waals surface area contributed by atoms with Crippen molar-refractivity contribution in [2.24, 2.45) is 7.05 Å². The van der Waals surface area contributed by atoms with E-state index in [0.29, 0.717) is 28.1 Å². The molecule has 0 atom stereocenters. The van der Waals surface area contributed by atoms with Crippen molar-refractivity contribution in [2.75, 3.05) is 5.75 Å². The van der Waals surface area contributed by atoms with Gasteiger partial charge < -0.3 is 4.57 Å². The van der Waals surface area contributed by atoms with Gasteiger partial charge in [0.15, 0.2) is 15.7 Å². The number of aryl methyl sites for hydroxylation is 2. The van der Waals surface area contributed by atoms with E-state index in [-0.39, 0.29) is 10.6 Å². The smallest absolute Gasteiger partial charge is 0.180 e. The van der Waals surface area contributed by atoms with Gasteiger partial charge in [-0.05, 0) is 36.8 Å². The molecule has 3 aromatic rings. The Bertz CT molecular complexity index is 1090. The largest absolute Gasteiger partial charge is 0.325 e. The van der Waals surface area contributed by atoms with Gasteiger partial charge in [0.05, 0.1) is 27.2 Å². The Balaban J connectivity index is 2.38. The molecule has 0 bridgehead atoms. The van der Waals surface area contributed by atoms with Crippen LogP contribution in [0, 0.1) is 18.3 Å². The fourth-order valence-corrected chi connectivity index (χ4v) is 3.79. The van der Waals surface area contributed by atoms with Gasteiger partial charge in [-0.1, -0.05) is 6.92 Å². The summed E-state index contributed by atoms with van der Waals surface area (Å²) in [7, 11) is -1.67. The summed E-state index contributed by atoms with van der Waals surface area (Å²) in [6.45, 7) is 3.49. The summed E-state index contributed by atoms with van der Waals surface area (Å²) in [6.07, 6.45) is 1.54. The van der Waals surface area contributed by atoms with Gasteiger partial charge in [0.2, 0.25) is 0 Å². The van der Waals surface area contributed by atoms with Crippen LogP contribution in [0.25, 0.3) is 22.6 Å². The second kappa shape index (κ2) is 5.73. The molecule has 2 aromatic heterocycles. The molecule has 2 heterocycles. The highest BCUT2D eigenvalue weighted by Crippen LogP contribution is 2.29. The van der Waals surface area contributed by atoms with Crippen molar-refractivity contribution in [3.8, 4) is 17.6 Å². The SMILES string of the molecule is CCS(=O)(=O)c1cccnc1-c1nc2cc(C)cc(C#N)c2n1C. The van der Waals surface area contributed by atoms with Crippen molar-refractivity contribution in [1.29, 1.82) is 5.26 Å². The van der Waals surface area contributed by atoms with Crippen LogP contribution in [-0.4, -0.2) is 28.7 Å². The Morgan fingerprint density at radius 1 is 1.33 bits per heavy atom. The number of fused-ring (bicyclic) bond motifs is 1. The number of imidazole rings is 1. The highest BCUT2D eigenvalue weighted by molar-refractivity contribution is 7.91. The van der Waals surface area contributed by atoms with E-state index in [4.69, 9.17) is 0 Å². The number of nitriles is 1. The van der Waals surface area contributed by atoms with Crippen LogP contribution in [0.4, 0.5) is 0 Å². The molecule has 0 spiro atoms. The molecule has 6 nitrogen and oxygen atoms in total. The van der Waals surface area contributed by atoms with Crippen LogP contribution in [0.15, 0.2) is 35.4 Å². The summed E-state index contributed by atoms with van der Waals surface area (Å²) in [5.41, 5.74) is 3.05. The van der Waals surface area contributed by atoms with E-state index < -0.39 is 9.84 Å². The number of benzene rings is 1. The molecule has 0 saturated carbocycles. The van der Waals surface area contributed by atoms with Gasteiger partial charge in [-0.15, -0.1) is 0 Å². The minimum atomic E-state index is -3.44. The Hall–Kier alpha value is -2.72. The summed E-state index contributed by atoms with van der Waals surface area (Å²) >= 11 is 0.